The van der Waals surface area contributed by atoms with Gasteiger partial charge in [0.1, 0.15) is 0 Å². The maximum Gasteiger partial charge on any atom is 0.251 e. The Bertz CT molecular complexity index is 387. The summed E-state index contributed by atoms with van der Waals surface area (Å²) in [5.41, 5.74) is 6.10. The fourth-order valence-electron chi connectivity index (χ4n) is 1.07. The molecule has 0 fully saturated rings. The van der Waals surface area contributed by atoms with E-state index >= 15 is 0 Å². The number of carbonyl (C=O) groups excluding carboxylic acids is 1. The molecule has 0 saturated heterocycles. The molecule has 4 N–H and O–H groups in total. The number of carbonyl (C=O) groups is 1. The van der Waals surface area contributed by atoms with Crippen molar-refractivity contribution in [2.75, 3.05) is 12.3 Å². The minimum absolute atomic E-state index is 0.137. The minimum Gasteiger partial charge on any atom is -0.396 e. The van der Waals surface area contributed by atoms with Crippen LogP contribution in [0.5, 0.6) is 0 Å². The molecule has 0 unspecified atom stereocenters. The Morgan fingerprint density at radius 1 is 1.50 bits per heavy atom. The summed E-state index contributed by atoms with van der Waals surface area (Å²) in [5.74, 6) is -0.356. The molecule has 0 aliphatic heterocycles. The summed E-state index contributed by atoms with van der Waals surface area (Å²) in [5, 5.41) is 11.8. The van der Waals surface area contributed by atoms with Crippen molar-refractivity contribution in [3.63, 3.8) is 0 Å². The van der Waals surface area contributed by atoms with Crippen molar-refractivity contribution in [1.29, 1.82) is 0 Å². The van der Waals surface area contributed by atoms with Crippen LogP contribution in [0.1, 0.15) is 17.3 Å². The Hall–Kier alpha value is -0.970. The van der Waals surface area contributed by atoms with E-state index in [0.29, 0.717) is 5.56 Å². The van der Waals surface area contributed by atoms with E-state index in [1.807, 2.05) is 0 Å². The molecule has 0 spiro atoms. The lowest BCUT2D eigenvalue weighted by Crippen LogP contribution is -2.35. The van der Waals surface area contributed by atoms with Gasteiger partial charge in [-0.2, -0.15) is 0 Å². The van der Waals surface area contributed by atoms with Crippen molar-refractivity contribution < 1.29 is 9.90 Å². The van der Waals surface area contributed by atoms with Gasteiger partial charge in [-0.1, -0.05) is 23.2 Å². The molecule has 4 nitrogen and oxygen atoms in total. The van der Waals surface area contributed by atoms with Gasteiger partial charge < -0.3 is 16.2 Å². The van der Waals surface area contributed by atoms with Gasteiger partial charge in [0.2, 0.25) is 0 Å². The zero-order valence-electron chi connectivity index (χ0n) is 8.63. The first-order valence-electron chi connectivity index (χ1n) is 4.62. The first-order valence-corrected chi connectivity index (χ1v) is 5.37. The van der Waals surface area contributed by atoms with Crippen LogP contribution in [0, 0.1) is 0 Å². The Balaban J connectivity index is 2.93. The van der Waals surface area contributed by atoms with Crippen LogP contribution in [-0.4, -0.2) is 23.7 Å². The molecule has 0 aromatic heterocycles. The minimum atomic E-state index is -0.356. The lowest BCUT2D eigenvalue weighted by molar-refractivity contribution is 0.0922. The molecule has 0 radical (unpaired) electrons. The van der Waals surface area contributed by atoms with Gasteiger partial charge in [-0.25, -0.2) is 0 Å². The molecule has 0 saturated carbocycles. The standard InChI is InChI=1S/C10H12Cl2N2O2/c1-5(4-15)14-10(16)6-2-7(11)9(13)8(12)3-6/h2-3,5,15H,4,13H2,1H3,(H,14,16)/t5-/m1/s1. The second kappa shape index (κ2) is 5.39. The van der Waals surface area contributed by atoms with Crippen LogP contribution in [0.2, 0.25) is 10.0 Å². The topological polar surface area (TPSA) is 75.3 Å². The molecule has 0 heterocycles. The number of halogens is 2. The van der Waals surface area contributed by atoms with E-state index < -0.39 is 0 Å². The third-order valence-electron chi connectivity index (χ3n) is 1.99. The molecule has 0 aliphatic carbocycles. The average Bonchev–Trinajstić information content (AvgIpc) is 2.24. The SMILES string of the molecule is C[C@H](CO)NC(=O)c1cc(Cl)c(N)c(Cl)c1. The third kappa shape index (κ3) is 3.01. The predicted octanol–water partition coefficient (Wildman–Crippen LogP) is 1.69. The smallest absolute Gasteiger partial charge is 0.251 e. The molecule has 1 aromatic carbocycles. The number of aliphatic hydroxyl groups excluding tert-OH is 1. The third-order valence-corrected chi connectivity index (χ3v) is 2.62. The predicted molar refractivity (Wildman–Crippen MR) is 64.9 cm³/mol. The van der Waals surface area contributed by atoms with E-state index in [0.717, 1.165) is 0 Å². The van der Waals surface area contributed by atoms with Crippen LogP contribution >= 0.6 is 23.2 Å². The highest BCUT2D eigenvalue weighted by Crippen LogP contribution is 2.28. The average molecular weight is 263 g/mol. The zero-order valence-corrected chi connectivity index (χ0v) is 10.1. The summed E-state index contributed by atoms with van der Waals surface area (Å²) in [6.45, 7) is 1.54. The van der Waals surface area contributed by atoms with Gasteiger partial charge in [0.05, 0.1) is 22.3 Å². The molecular weight excluding hydrogens is 251 g/mol. The van der Waals surface area contributed by atoms with Gasteiger partial charge >= 0.3 is 0 Å². The van der Waals surface area contributed by atoms with Crippen LogP contribution in [0.4, 0.5) is 5.69 Å². The normalized spacial score (nSPS) is 12.2. The second-order valence-corrected chi connectivity index (χ2v) is 4.23. The number of rotatable bonds is 3. The summed E-state index contributed by atoms with van der Waals surface area (Å²) in [6.07, 6.45) is 0. The van der Waals surface area contributed by atoms with Crippen molar-refractivity contribution in [3.8, 4) is 0 Å². The van der Waals surface area contributed by atoms with E-state index in [1.165, 1.54) is 12.1 Å². The second-order valence-electron chi connectivity index (χ2n) is 3.41. The van der Waals surface area contributed by atoms with E-state index in [-0.39, 0.29) is 34.3 Å². The number of nitrogens with one attached hydrogen (secondary N) is 1. The maximum absolute atomic E-state index is 11.6. The maximum atomic E-state index is 11.6. The fourth-order valence-corrected chi connectivity index (χ4v) is 1.56. The van der Waals surface area contributed by atoms with E-state index in [2.05, 4.69) is 5.32 Å². The Morgan fingerprint density at radius 3 is 2.44 bits per heavy atom. The molecule has 1 rings (SSSR count). The van der Waals surface area contributed by atoms with Crippen LogP contribution in [0.3, 0.4) is 0 Å². The van der Waals surface area contributed by atoms with Gasteiger partial charge in [-0.05, 0) is 19.1 Å². The molecular formula is C10H12Cl2N2O2. The van der Waals surface area contributed by atoms with E-state index in [9.17, 15) is 4.79 Å². The number of anilines is 1. The zero-order chi connectivity index (χ0) is 12.3. The van der Waals surface area contributed by atoms with Gasteiger partial charge in [-0.3, -0.25) is 4.79 Å². The van der Waals surface area contributed by atoms with Crippen molar-refractivity contribution in [1.82, 2.24) is 5.32 Å². The van der Waals surface area contributed by atoms with E-state index in [1.54, 1.807) is 6.92 Å². The Kier molecular flexibility index (Phi) is 4.41. The highest BCUT2D eigenvalue weighted by atomic mass is 35.5. The summed E-state index contributed by atoms with van der Waals surface area (Å²) < 4.78 is 0. The first-order chi connectivity index (χ1) is 7.45. The number of benzene rings is 1. The summed E-state index contributed by atoms with van der Waals surface area (Å²) in [6, 6.07) is 2.53. The summed E-state index contributed by atoms with van der Waals surface area (Å²) in [4.78, 5) is 11.6. The lowest BCUT2D eigenvalue weighted by atomic mass is 10.2. The number of aliphatic hydroxyl groups is 1. The molecule has 16 heavy (non-hydrogen) atoms. The van der Waals surface area contributed by atoms with Gasteiger partial charge in [0, 0.05) is 11.6 Å². The van der Waals surface area contributed by atoms with Crippen LogP contribution in [0.15, 0.2) is 12.1 Å². The molecule has 1 atom stereocenters. The number of amides is 1. The van der Waals surface area contributed by atoms with Gasteiger partial charge in [0.25, 0.3) is 5.91 Å². The highest BCUT2D eigenvalue weighted by molar-refractivity contribution is 6.39. The quantitative estimate of drug-likeness (QED) is 0.726. The molecule has 88 valence electrons. The molecule has 1 aromatic rings. The number of nitrogen functional groups attached to an aromatic ring is 1. The number of hydrogen-bond donors (Lipinski definition) is 3. The van der Waals surface area contributed by atoms with Crippen molar-refractivity contribution in [3.05, 3.63) is 27.7 Å². The Labute approximate surface area is 103 Å². The van der Waals surface area contributed by atoms with Crippen molar-refractivity contribution in [2.45, 2.75) is 13.0 Å². The molecule has 1 amide bonds. The lowest BCUT2D eigenvalue weighted by Gasteiger charge is -2.11. The van der Waals surface area contributed by atoms with Crippen LogP contribution < -0.4 is 11.1 Å². The molecule has 0 aliphatic rings. The fraction of sp³-hybridized carbons (Fsp3) is 0.300. The van der Waals surface area contributed by atoms with Crippen LogP contribution in [-0.2, 0) is 0 Å². The summed E-state index contributed by atoms with van der Waals surface area (Å²) >= 11 is 11.6. The van der Waals surface area contributed by atoms with Gasteiger partial charge in [-0.15, -0.1) is 0 Å². The number of hydrogen-bond acceptors (Lipinski definition) is 3. The molecule has 0 bridgehead atoms. The largest absolute Gasteiger partial charge is 0.396 e. The number of nitrogens with two attached hydrogens (primary N) is 1. The highest BCUT2D eigenvalue weighted by Gasteiger charge is 2.12. The monoisotopic (exact) mass is 262 g/mol. The Morgan fingerprint density at radius 2 is 2.00 bits per heavy atom. The van der Waals surface area contributed by atoms with Crippen molar-refractivity contribution >= 4 is 34.8 Å². The first kappa shape index (κ1) is 13.1. The van der Waals surface area contributed by atoms with Gasteiger partial charge in [0.15, 0.2) is 0 Å². The van der Waals surface area contributed by atoms with Crippen LogP contribution in [0.25, 0.3) is 0 Å². The van der Waals surface area contributed by atoms with Crippen molar-refractivity contribution in [2.24, 2.45) is 0 Å². The molecule has 6 heteroatoms. The summed E-state index contributed by atoms with van der Waals surface area (Å²) in [7, 11) is 0. The van der Waals surface area contributed by atoms with E-state index in [4.69, 9.17) is 34.0 Å².